The number of aliphatic imine (C=N–C) groups is 2. The van der Waals surface area contributed by atoms with Crippen molar-refractivity contribution in [2.75, 3.05) is 0 Å². The van der Waals surface area contributed by atoms with Crippen LogP contribution < -0.4 is 0 Å². The monoisotopic (exact) mass is 550 g/mol. The van der Waals surface area contributed by atoms with Crippen LogP contribution in [0.15, 0.2) is 82.8 Å². The summed E-state index contributed by atoms with van der Waals surface area (Å²) < 4.78 is 0. The van der Waals surface area contributed by atoms with Gasteiger partial charge in [0, 0.05) is 44.0 Å². The molecule has 0 spiro atoms. The summed E-state index contributed by atoms with van der Waals surface area (Å²) in [5.74, 6) is 0. The Labute approximate surface area is 223 Å². The van der Waals surface area contributed by atoms with E-state index in [4.69, 9.17) is 9.98 Å². The van der Waals surface area contributed by atoms with E-state index in [0.717, 1.165) is 33.6 Å². The van der Waals surface area contributed by atoms with E-state index in [-0.39, 0.29) is 20.4 Å². The fourth-order valence-electron chi connectivity index (χ4n) is 4.64. The van der Waals surface area contributed by atoms with Crippen molar-refractivity contribution in [3.05, 3.63) is 106 Å². The average molecular weight is 551 g/mol. The zero-order valence-corrected chi connectivity index (χ0v) is 22.8. The molecule has 4 rings (SSSR count). The Bertz CT molecular complexity index is 1300. The molecule has 0 bridgehead atoms. The molecule has 35 heavy (non-hydrogen) atoms. The summed E-state index contributed by atoms with van der Waals surface area (Å²) in [7, 11) is 0. The molecule has 0 heterocycles. The molecular weight excluding hydrogens is 519 g/mol. The van der Waals surface area contributed by atoms with E-state index in [1.165, 1.54) is 33.4 Å². The molecule has 2 nitrogen and oxygen atoms in total. The molecule has 4 aromatic rings. The molecule has 0 unspecified atom stereocenters. The van der Waals surface area contributed by atoms with Gasteiger partial charge in [0.05, 0.1) is 11.4 Å². The van der Waals surface area contributed by atoms with Crippen molar-refractivity contribution in [1.29, 1.82) is 0 Å². The van der Waals surface area contributed by atoms with Crippen molar-refractivity contribution in [1.82, 2.24) is 0 Å². The number of aryl methyl sites for hydroxylation is 6. The largest absolute Gasteiger partial charge is 0.254 e. The Hall–Kier alpha value is -3.12. The van der Waals surface area contributed by atoms with Crippen molar-refractivity contribution in [2.45, 2.75) is 41.5 Å². The molecule has 180 valence electrons. The molecule has 0 aliphatic heterocycles. The van der Waals surface area contributed by atoms with Crippen molar-refractivity contribution in [3.8, 4) is 22.3 Å². The first-order valence-electron chi connectivity index (χ1n) is 11.8. The molecule has 3 heteroatoms. The molecule has 0 amide bonds. The van der Waals surface area contributed by atoms with Crippen molar-refractivity contribution >= 4 is 23.8 Å². The molecule has 0 aliphatic rings. The molecule has 0 saturated heterocycles. The summed E-state index contributed by atoms with van der Waals surface area (Å²) in [4.78, 5) is 9.74. The van der Waals surface area contributed by atoms with Crippen LogP contribution in [-0.4, -0.2) is 12.4 Å². The van der Waals surface area contributed by atoms with E-state index >= 15 is 0 Å². The minimum Gasteiger partial charge on any atom is -0.254 e. The first-order valence-corrected chi connectivity index (χ1v) is 11.8. The second kappa shape index (κ2) is 11.5. The van der Waals surface area contributed by atoms with E-state index in [1.54, 1.807) is 0 Å². The Balaban J connectivity index is 0.00000342. The molecule has 0 N–H and O–H groups in total. The second-order valence-corrected chi connectivity index (χ2v) is 9.14. The van der Waals surface area contributed by atoms with Crippen LogP contribution in [0.1, 0.15) is 33.4 Å². The van der Waals surface area contributed by atoms with Crippen molar-refractivity contribution < 1.29 is 20.4 Å². The summed E-state index contributed by atoms with van der Waals surface area (Å²) in [6, 6.07) is 25.8. The van der Waals surface area contributed by atoms with Gasteiger partial charge in [0.25, 0.3) is 0 Å². The zero-order valence-electron chi connectivity index (χ0n) is 21.3. The van der Waals surface area contributed by atoms with Gasteiger partial charge < -0.3 is 0 Å². The molecule has 0 aliphatic carbocycles. The number of rotatable bonds is 5. The van der Waals surface area contributed by atoms with Gasteiger partial charge in [-0.15, -0.1) is 0 Å². The van der Waals surface area contributed by atoms with Crippen LogP contribution in [-0.2, 0) is 20.4 Å². The van der Waals surface area contributed by atoms with E-state index < -0.39 is 0 Å². The maximum atomic E-state index is 4.87. The summed E-state index contributed by atoms with van der Waals surface area (Å²) in [6.07, 6.45) is 3.64. The predicted molar refractivity (Wildman–Crippen MR) is 148 cm³/mol. The smallest absolute Gasteiger partial charge is 0.0738 e. The van der Waals surface area contributed by atoms with Crippen LogP contribution in [0.3, 0.4) is 0 Å². The van der Waals surface area contributed by atoms with Gasteiger partial charge in [-0.25, -0.2) is 0 Å². The van der Waals surface area contributed by atoms with Crippen molar-refractivity contribution in [3.63, 3.8) is 0 Å². The normalized spacial score (nSPS) is 11.3. The van der Waals surface area contributed by atoms with Gasteiger partial charge in [-0.2, -0.15) is 0 Å². The second-order valence-electron chi connectivity index (χ2n) is 9.14. The van der Waals surface area contributed by atoms with E-state index in [1.807, 2.05) is 12.4 Å². The van der Waals surface area contributed by atoms with Gasteiger partial charge in [-0.05, 0) is 87.1 Å². The minimum absolute atomic E-state index is 0. The third-order valence-electron chi connectivity index (χ3n) is 6.23. The van der Waals surface area contributed by atoms with E-state index in [0.29, 0.717) is 0 Å². The maximum absolute atomic E-state index is 4.87. The van der Waals surface area contributed by atoms with Crippen LogP contribution in [0.2, 0.25) is 0 Å². The third-order valence-corrected chi connectivity index (χ3v) is 6.23. The maximum Gasteiger partial charge on any atom is 0.0738 e. The number of hydrogen-bond acceptors (Lipinski definition) is 2. The van der Waals surface area contributed by atoms with E-state index in [9.17, 15) is 0 Å². The molecule has 0 aromatic heterocycles. The first kappa shape index (κ1) is 26.5. The molecule has 0 atom stereocenters. The van der Waals surface area contributed by atoms with Gasteiger partial charge in [-0.3, -0.25) is 9.98 Å². The third kappa shape index (κ3) is 5.94. The van der Waals surface area contributed by atoms with Gasteiger partial charge in [0.2, 0.25) is 0 Å². The molecule has 0 saturated carbocycles. The molecule has 0 radical (unpaired) electrons. The summed E-state index contributed by atoms with van der Waals surface area (Å²) in [5.41, 5.74) is 14.0. The van der Waals surface area contributed by atoms with Crippen LogP contribution in [0.5, 0.6) is 0 Å². The SMILES string of the molecule is Cc1cc(C)c(N=CC=Nc2c(C)cc(C)cc2-c2ccccc2C)c(-c2ccccc2C)c1.[Pd]. The first-order chi connectivity index (χ1) is 16.3. The van der Waals surface area contributed by atoms with E-state index in [2.05, 4.69) is 114 Å². The number of benzene rings is 4. The van der Waals surface area contributed by atoms with Gasteiger partial charge in [0.1, 0.15) is 0 Å². The standard InChI is InChI=1S/C32H32N2.Pd/c1-21-17-25(5)31(29(19-21)27-13-9-7-11-23(27)3)33-15-16-34-32-26(6)18-22(2)20-30(32)28-14-10-8-12-24(28)4;/h7-20H,1-6H3;. The molecule has 0 fully saturated rings. The fourth-order valence-corrected chi connectivity index (χ4v) is 4.64. The number of nitrogens with zero attached hydrogens (tertiary/aromatic N) is 2. The van der Waals surface area contributed by atoms with Gasteiger partial charge in [-0.1, -0.05) is 71.8 Å². The predicted octanol–water partition coefficient (Wildman–Crippen LogP) is 8.97. The number of hydrogen-bond donors (Lipinski definition) is 0. The van der Waals surface area contributed by atoms with Crippen molar-refractivity contribution in [2.24, 2.45) is 9.98 Å². The summed E-state index contributed by atoms with van der Waals surface area (Å²) >= 11 is 0. The van der Waals surface area contributed by atoms with Gasteiger partial charge in [0.15, 0.2) is 0 Å². The Morgan fingerprint density at radius 1 is 0.457 bits per heavy atom. The fraction of sp³-hybridized carbons (Fsp3) is 0.188. The topological polar surface area (TPSA) is 24.7 Å². The Kier molecular flexibility index (Phi) is 8.73. The van der Waals surface area contributed by atoms with Crippen LogP contribution in [0.4, 0.5) is 11.4 Å². The van der Waals surface area contributed by atoms with Crippen LogP contribution >= 0.6 is 0 Å². The Morgan fingerprint density at radius 3 is 1.20 bits per heavy atom. The van der Waals surface area contributed by atoms with Crippen LogP contribution in [0.25, 0.3) is 22.3 Å². The summed E-state index contributed by atoms with van der Waals surface area (Å²) in [6.45, 7) is 12.8. The molecular formula is C32H32N2Pd. The Morgan fingerprint density at radius 2 is 0.829 bits per heavy atom. The summed E-state index contributed by atoms with van der Waals surface area (Å²) in [5, 5.41) is 0. The van der Waals surface area contributed by atoms with Crippen LogP contribution in [0, 0.1) is 41.5 Å². The van der Waals surface area contributed by atoms with Gasteiger partial charge >= 0.3 is 0 Å². The minimum atomic E-state index is 0. The zero-order chi connectivity index (χ0) is 24.2. The molecule has 4 aromatic carbocycles. The quantitative estimate of drug-likeness (QED) is 0.175. The average Bonchev–Trinajstić information content (AvgIpc) is 2.79.